The Morgan fingerprint density at radius 2 is 2.08 bits per heavy atom. The van der Waals surface area contributed by atoms with E-state index in [4.69, 9.17) is 17.3 Å². The molecular weight excluding hydrogens is 349 g/mol. The van der Waals surface area contributed by atoms with Gasteiger partial charge in [0.15, 0.2) is 0 Å². The van der Waals surface area contributed by atoms with Gasteiger partial charge in [-0.15, -0.1) is 12.4 Å². The van der Waals surface area contributed by atoms with Crippen molar-refractivity contribution in [2.24, 2.45) is 17.6 Å². The Labute approximate surface area is 154 Å². The molecule has 2 rings (SSSR count). The predicted molar refractivity (Wildman–Crippen MR) is 98.3 cm³/mol. The number of hydrogen-bond acceptors (Lipinski definition) is 3. The zero-order valence-corrected chi connectivity index (χ0v) is 15.6. The van der Waals surface area contributed by atoms with Gasteiger partial charge in [0, 0.05) is 24.2 Å². The molecule has 3 N–H and O–H groups in total. The number of nitrogens with zero attached hydrogens (tertiary/aromatic N) is 1. The number of nitrogens with two attached hydrogens (primary N) is 1. The van der Waals surface area contributed by atoms with Crippen molar-refractivity contribution in [3.63, 3.8) is 0 Å². The maximum atomic E-state index is 12.3. The van der Waals surface area contributed by atoms with Crippen molar-refractivity contribution in [1.29, 1.82) is 0 Å². The number of amides is 2. The lowest BCUT2D eigenvalue weighted by molar-refractivity contribution is -0.121. The third-order valence-electron chi connectivity index (χ3n) is 4.28. The number of primary amides is 1. The SMILES string of the molecule is CC(C)[C@H]1CN(CC(N)=O)C[C@@H]1NC(=O)Cc1cccc(Cl)c1.Cl. The second-order valence-electron chi connectivity index (χ2n) is 6.55. The first-order valence-electron chi connectivity index (χ1n) is 7.89. The third kappa shape index (κ3) is 5.96. The van der Waals surface area contributed by atoms with E-state index in [-0.39, 0.29) is 36.8 Å². The molecule has 24 heavy (non-hydrogen) atoms. The summed E-state index contributed by atoms with van der Waals surface area (Å²) in [5.74, 6) is 0.379. The average molecular weight is 374 g/mol. The van der Waals surface area contributed by atoms with Gasteiger partial charge in [-0.2, -0.15) is 0 Å². The van der Waals surface area contributed by atoms with Crippen LogP contribution in [0, 0.1) is 11.8 Å². The minimum atomic E-state index is -0.335. The molecule has 1 fully saturated rings. The minimum absolute atomic E-state index is 0. The summed E-state index contributed by atoms with van der Waals surface area (Å²) in [7, 11) is 0. The Balaban J connectivity index is 0.00000288. The first-order chi connectivity index (χ1) is 10.8. The van der Waals surface area contributed by atoms with Gasteiger partial charge in [0.2, 0.25) is 11.8 Å². The fourth-order valence-electron chi connectivity index (χ4n) is 3.18. The molecule has 0 spiro atoms. The molecule has 2 amide bonds. The summed E-state index contributed by atoms with van der Waals surface area (Å²) in [6, 6.07) is 7.36. The lowest BCUT2D eigenvalue weighted by Gasteiger charge is -2.23. The summed E-state index contributed by atoms with van der Waals surface area (Å²) in [5.41, 5.74) is 6.17. The van der Waals surface area contributed by atoms with E-state index in [1.165, 1.54) is 0 Å². The number of halogens is 2. The van der Waals surface area contributed by atoms with Crippen molar-refractivity contribution < 1.29 is 9.59 Å². The Hall–Kier alpha value is -1.30. The predicted octanol–water partition coefficient (Wildman–Crippen LogP) is 1.86. The van der Waals surface area contributed by atoms with Gasteiger partial charge in [0.05, 0.1) is 13.0 Å². The van der Waals surface area contributed by atoms with Crippen molar-refractivity contribution >= 4 is 35.8 Å². The minimum Gasteiger partial charge on any atom is -0.369 e. The Kier molecular flexibility index (Phi) is 8.00. The number of benzene rings is 1. The molecule has 1 aromatic rings. The molecule has 0 aromatic heterocycles. The van der Waals surface area contributed by atoms with Crippen LogP contribution < -0.4 is 11.1 Å². The molecule has 0 aliphatic carbocycles. The molecule has 0 bridgehead atoms. The second kappa shape index (κ2) is 9.25. The normalized spacial score (nSPS) is 20.7. The lowest BCUT2D eigenvalue weighted by atomic mass is 9.91. The van der Waals surface area contributed by atoms with Gasteiger partial charge in [-0.25, -0.2) is 0 Å². The largest absolute Gasteiger partial charge is 0.369 e. The lowest BCUT2D eigenvalue weighted by Crippen LogP contribution is -2.43. The zero-order chi connectivity index (χ0) is 17.0. The summed E-state index contributed by atoms with van der Waals surface area (Å²) in [5, 5.41) is 3.73. The molecule has 5 nitrogen and oxygen atoms in total. The van der Waals surface area contributed by atoms with Crippen LogP contribution in [0.15, 0.2) is 24.3 Å². The molecule has 0 radical (unpaired) electrons. The number of rotatable bonds is 6. The van der Waals surface area contributed by atoms with Crippen LogP contribution >= 0.6 is 24.0 Å². The standard InChI is InChI=1S/C17H24ClN3O2.ClH/c1-11(2)14-8-21(10-16(19)22)9-15(14)20-17(23)7-12-4-3-5-13(18)6-12;/h3-6,11,14-15H,7-10H2,1-2H3,(H2,19,22)(H,20,23);1H/t14-,15+;/m1./s1. The molecular formula is C17H25Cl2N3O2. The van der Waals surface area contributed by atoms with Gasteiger partial charge in [-0.1, -0.05) is 37.6 Å². The van der Waals surface area contributed by atoms with Gasteiger partial charge in [0.25, 0.3) is 0 Å². The monoisotopic (exact) mass is 373 g/mol. The Bertz CT molecular complexity index is 581. The first kappa shape index (κ1) is 20.7. The van der Waals surface area contributed by atoms with Gasteiger partial charge in [-0.3, -0.25) is 14.5 Å². The van der Waals surface area contributed by atoms with Gasteiger partial charge in [-0.05, 0) is 29.5 Å². The molecule has 134 valence electrons. The second-order valence-corrected chi connectivity index (χ2v) is 6.99. The molecule has 1 aliphatic rings. The molecule has 0 saturated carbocycles. The summed E-state index contributed by atoms with van der Waals surface area (Å²) < 4.78 is 0. The Morgan fingerprint density at radius 3 is 2.67 bits per heavy atom. The van der Waals surface area contributed by atoms with Crippen molar-refractivity contribution in [2.75, 3.05) is 19.6 Å². The molecule has 7 heteroatoms. The maximum absolute atomic E-state index is 12.3. The van der Waals surface area contributed by atoms with Crippen LogP contribution in [0.5, 0.6) is 0 Å². The van der Waals surface area contributed by atoms with Crippen LogP contribution in [-0.4, -0.2) is 42.4 Å². The van der Waals surface area contributed by atoms with E-state index in [1.54, 1.807) is 12.1 Å². The molecule has 1 aromatic carbocycles. The highest BCUT2D eigenvalue weighted by atomic mass is 35.5. The van der Waals surface area contributed by atoms with Gasteiger partial charge >= 0.3 is 0 Å². The molecule has 1 heterocycles. The van der Waals surface area contributed by atoms with Crippen molar-refractivity contribution in [1.82, 2.24) is 10.2 Å². The smallest absolute Gasteiger partial charge is 0.231 e. The highest BCUT2D eigenvalue weighted by Crippen LogP contribution is 2.24. The van der Waals surface area contributed by atoms with Crippen LogP contribution in [0.3, 0.4) is 0 Å². The summed E-state index contributed by atoms with van der Waals surface area (Å²) in [6.07, 6.45) is 0.303. The summed E-state index contributed by atoms with van der Waals surface area (Å²) in [6.45, 7) is 5.95. The van der Waals surface area contributed by atoms with Crippen LogP contribution in [-0.2, 0) is 16.0 Å². The highest BCUT2D eigenvalue weighted by Gasteiger charge is 2.35. The van der Waals surface area contributed by atoms with Crippen LogP contribution in [0.1, 0.15) is 19.4 Å². The van der Waals surface area contributed by atoms with E-state index < -0.39 is 0 Å². The summed E-state index contributed by atoms with van der Waals surface area (Å²) >= 11 is 5.95. The van der Waals surface area contributed by atoms with Gasteiger partial charge in [0.1, 0.15) is 0 Å². The fraction of sp³-hybridized carbons (Fsp3) is 0.529. The Morgan fingerprint density at radius 1 is 1.38 bits per heavy atom. The van der Waals surface area contributed by atoms with E-state index in [1.807, 2.05) is 17.0 Å². The number of likely N-dealkylation sites (tertiary alicyclic amines) is 1. The quantitative estimate of drug-likeness (QED) is 0.798. The number of carbonyl (C=O) groups excluding carboxylic acids is 2. The van der Waals surface area contributed by atoms with E-state index in [0.717, 1.165) is 12.1 Å². The molecule has 1 saturated heterocycles. The number of carbonyl (C=O) groups is 2. The van der Waals surface area contributed by atoms with Crippen molar-refractivity contribution in [3.05, 3.63) is 34.9 Å². The maximum Gasteiger partial charge on any atom is 0.231 e. The van der Waals surface area contributed by atoms with Crippen LogP contribution in [0.25, 0.3) is 0 Å². The number of nitrogens with one attached hydrogen (secondary N) is 1. The fourth-order valence-corrected chi connectivity index (χ4v) is 3.39. The molecule has 1 aliphatic heterocycles. The van der Waals surface area contributed by atoms with Crippen LogP contribution in [0.2, 0.25) is 5.02 Å². The van der Waals surface area contributed by atoms with Crippen molar-refractivity contribution in [3.8, 4) is 0 Å². The average Bonchev–Trinajstić information content (AvgIpc) is 2.80. The first-order valence-corrected chi connectivity index (χ1v) is 8.27. The highest BCUT2D eigenvalue weighted by molar-refractivity contribution is 6.30. The molecule has 2 atom stereocenters. The zero-order valence-electron chi connectivity index (χ0n) is 14.0. The van der Waals surface area contributed by atoms with E-state index >= 15 is 0 Å². The molecule has 0 unspecified atom stereocenters. The van der Waals surface area contributed by atoms with E-state index in [2.05, 4.69) is 19.2 Å². The van der Waals surface area contributed by atoms with E-state index in [9.17, 15) is 9.59 Å². The third-order valence-corrected chi connectivity index (χ3v) is 4.51. The van der Waals surface area contributed by atoms with Crippen molar-refractivity contribution in [2.45, 2.75) is 26.3 Å². The van der Waals surface area contributed by atoms with Crippen LogP contribution in [0.4, 0.5) is 0 Å². The summed E-state index contributed by atoms with van der Waals surface area (Å²) in [4.78, 5) is 25.4. The topological polar surface area (TPSA) is 75.4 Å². The number of hydrogen-bond donors (Lipinski definition) is 2. The van der Waals surface area contributed by atoms with Gasteiger partial charge < -0.3 is 11.1 Å². The van der Waals surface area contributed by atoms with E-state index in [0.29, 0.717) is 29.8 Å².